The molecule has 3 nitrogen and oxygen atoms in total. The molecule has 21 heavy (non-hydrogen) atoms. The van der Waals surface area contributed by atoms with Crippen LogP contribution in [0.4, 0.5) is 0 Å². The molecule has 1 aliphatic carbocycles. The van der Waals surface area contributed by atoms with E-state index in [-0.39, 0.29) is 0 Å². The summed E-state index contributed by atoms with van der Waals surface area (Å²) in [5, 5.41) is 3.50. The van der Waals surface area contributed by atoms with Crippen LogP contribution in [0, 0.1) is 0 Å². The molecule has 0 aliphatic heterocycles. The van der Waals surface area contributed by atoms with E-state index < -0.39 is 0 Å². The van der Waals surface area contributed by atoms with E-state index in [9.17, 15) is 0 Å². The molecule has 3 rings (SSSR count). The molecule has 1 N–H and O–H groups in total. The van der Waals surface area contributed by atoms with E-state index in [2.05, 4.69) is 31.3 Å². The van der Waals surface area contributed by atoms with Gasteiger partial charge < -0.3 is 14.5 Å². The van der Waals surface area contributed by atoms with Gasteiger partial charge in [-0.25, -0.2) is 0 Å². The Kier molecular flexibility index (Phi) is 4.30. The summed E-state index contributed by atoms with van der Waals surface area (Å²) in [7, 11) is 0. The van der Waals surface area contributed by atoms with Gasteiger partial charge in [-0.1, -0.05) is 26.0 Å². The highest BCUT2D eigenvalue weighted by Gasteiger charge is 2.21. The molecule has 1 fully saturated rings. The highest BCUT2D eigenvalue weighted by Crippen LogP contribution is 2.22. The third-order valence-electron chi connectivity index (χ3n) is 3.91. The van der Waals surface area contributed by atoms with Crippen LogP contribution in [0.1, 0.15) is 49.5 Å². The molecule has 112 valence electrons. The van der Waals surface area contributed by atoms with Crippen LogP contribution in [0.2, 0.25) is 0 Å². The number of rotatable bonds is 7. The third-order valence-corrected chi connectivity index (χ3v) is 3.91. The van der Waals surface area contributed by atoms with Gasteiger partial charge in [0.15, 0.2) is 0 Å². The lowest BCUT2D eigenvalue weighted by Gasteiger charge is -2.09. The molecule has 1 aromatic carbocycles. The van der Waals surface area contributed by atoms with Crippen LogP contribution >= 0.6 is 0 Å². The van der Waals surface area contributed by atoms with Gasteiger partial charge in [0.1, 0.15) is 18.1 Å². The van der Waals surface area contributed by atoms with Gasteiger partial charge in [0.2, 0.25) is 0 Å². The monoisotopic (exact) mass is 285 g/mol. The van der Waals surface area contributed by atoms with E-state index in [1.165, 1.54) is 24.0 Å². The van der Waals surface area contributed by atoms with Crippen molar-refractivity contribution in [1.82, 2.24) is 5.32 Å². The topological polar surface area (TPSA) is 34.4 Å². The lowest BCUT2D eigenvalue weighted by atomic mass is 10.0. The number of hydrogen-bond donors (Lipinski definition) is 1. The maximum absolute atomic E-state index is 5.83. The second-order valence-electron chi connectivity index (χ2n) is 6.04. The standard InChI is InChI=1S/C18H23NO2/c1-13(2)14-3-7-17(8-4-14)21-12-18-15(9-10-20-18)11-19-16-5-6-16/h3-4,7-10,13,16,19H,5-6,11-12H2,1-2H3. The second kappa shape index (κ2) is 6.35. The fourth-order valence-corrected chi connectivity index (χ4v) is 2.29. The first-order chi connectivity index (χ1) is 10.2. The summed E-state index contributed by atoms with van der Waals surface area (Å²) in [4.78, 5) is 0. The molecule has 0 unspecified atom stereocenters. The van der Waals surface area contributed by atoms with Crippen LogP contribution in [-0.2, 0) is 13.2 Å². The Morgan fingerprint density at radius 2 is 1.95 bits per heavy atom. The van der Waals surface area contributed by atoms with Crippen LogP contribution in [0.25, 0.3) is 0 Å². The number of hydrogen-bond acceptors (Lipinski definition) is 3. The minimum atomic E-state index is 0.482. The number of ether oxygens (including phenoxy) is 1. The van der Waals surface area contributed by atoms with E-state index in [0.717, 1.165) is 18.1 Å². The largest absolute Gasteiger partial charge is 0.486 e. The molecule has 1 saturated carbocycles. The van der Waals surface area contributed by atoms with Crippen molar-refractivity contribution in [2.75, 3.05) is 0 Å². The molecule has 1 heterocycles. The van der Waals surface area contributed by atoms with Gasteiger partial charge >= 0.3 is 0 Å². The fourth-order valence-electron chi connectivity index (χ4n) is 2.29. The summed E-state index contributed by atoms with van der Waals surface area (Å²) < 4.78 is 11.4. The Bertz CT molecular complexity index is 567. The van der Waals surface area contributed by atoms with Crippen molar-refractivity contribution >= 4 is 0 Å². The van der Waals surface area contributed by atoms with Crippen molar-refractivity contribution in [2.45, 2.75) is 51.8 Å². The van der Waals surface area contributed by atoms with Crippen LogP contribution in [-0.4, -0.2) is 6.04 Å². The zero-order chi connectivity index (χ0) is 14.7. The van der Waals surface area contributed by atoms with Crippen molar-refractivity contribution in [3.8, 4) is 5.75 Å². The number of nitrogens with one attached hydrogen (secondary N) is 1. The van der Waals surface area contributed by atoms with Crippen LogP contribution in [0.3, 0.4) is 0 Å². The summed E-state index contributed by atoms with van der Waals surface area (Å²) in [6.07, 6.45) is 4.34. The molecule has 0 spiro atoms. The smallest absolute Gasteiger partial charge is 0.146 e. The molecule has 1 aliphatic rings. The quantitative estimate of drug-likeness (QED) is 0.826. The molecule has 0 atom stereocenters. The van der Waals surface area contributed by atoms with E-state index in [0.29, 0.717) is 18.6 Å². The number of benzene rings is 1. The summed E-state index contributed by atoms with van der Waals surface area (Å²) in [6, 6.07) is 11.0. The Hall–Kier alpha value is -1.74. The second-order valence-corrected chi connectivity index (χ2v) is 6.04. The van der Waals surface area contributed by atoms with Crippen molar-refractivity contribution in [2.24, 2.45) is 0 Å². The van der Waals surface area contributed by atoms with Gasteiger partial charge in [0.25, 0.3) is 0 Å². The predicted octanol–water partition coefficient (Wildman–Crippen LogP) is 4.23. The fraction of sp³-hybridized carbons (Fsp3) is 0.444. The first-order valence-corrected chi connectivity index (χ1v) is 7.74. The Morgan fingerprint density at radius 1 is 1.19 bits per heavy atom. The summed E-state index contributed by atoms with van der Waals surface area (Å²) in [5.74, 6) is 2.34. The predicted molar refractivity (Wildman–Crippen MR) is 83.4 cm³/mol. The van der Waals surface area contributed by atoms with Crippen LogP contribution in [0.5, 0.6) is 5.75 Å². The van der Waals surface area contributed by atoms with Crippen molar-refractivity contribution in [3.05, 3.63) is 53.5 Å². The third kappa shape index (κ3) is 3.88. The van der Waals surface area contributed by atoms with Crippen molar-refractivity contribution in [1.29, 1.82) is 0 Å². The lowest BCUT2D eigenvalue weighted by Crippen LogP contribution is -2.16. The first-order valence-electron chi connectivity index (χ1n) is 7.74. The number of furan rings is 1. The summed E-state index contributed by atoms with van der Waals surface area (Å²) >= 11 is 0. The van der Waals surface area contributed by atoms with E-state index >= 15 is 0 Å². The summed E-state index contributed by atoms with van der Waals surface area (Å²) in [5.41, 5.74) is 2.52. The molecular weight excluding hydrogens is 262 g/mol. The molecule has 0 radical (unpaired) electrons. The molecule has 0 saturated heterocycles. The van der Waals surface area contributed by atoms with Gasteiger partial charge in [-0.05, 0) is 42.5 Å². The minimum absolute atomic E-state index is 0.482. The Morgan fingerprint density at radius 3 is 2.62 bits per heavy atom. The van der Waals surface area contributed by atoms with Gasteiger partial charge in [-0.2, -0.15) is 0 Å². The molecule has 3 heteroatoms. The van der Waals surface area contributed by atoms with Gasteiger partial charge in [-0.15, -0.1) is 0 Å². The molecule has 1 aromatic heterocycles. The average Bonchev–Trinajstić information content (AvgIpc) is 3.21. The van der Waals surface area contributed by atoms with Gasteiger partial charge in [-0.3, -0.25) is 0 Å². The van der Waals surface area contributed by atoms with E-state index in [1.807, 2.05) is 18.2 Å². The Balaban J connectivity index is 1.55. The summed E-state index contributed by atoms with van der Waals surface area (Å²) in [6.45, 7) is 5.73. The first kappa shape index (κ1) is 14.2. The molecule has 2 aromatic rings. The van der Waals surface area contributed by atoms with Gasteiger partial charge in [0, 0.05) is 18.2 Å². The van der Waals surface area contributed by atoms with E-state index in [1.54, 1.807) is 6.26 Å². The average molecular weight is 285 g/mol. The molecule has 0 bridgehead atoms. The normalized spacial score (nSPS) is 14.6. The van der Waals surface area contributed by atoms with Crippen LogP contribution < -0.4 is 10.1 Å². The lowest BCUT2D eigenvalue weighted by molar-refractivity contribution is 0.268. The van der Waals surface area contributed by atoms with Crippen molar-refractivity contribution < 1.29 is 9.15 Å². The van der Waals surface area contributed by atoms with Gasteiger partial charge in [0.05, 0.1) is 6.26 Å². The minimum Gasteiger partial charge on any atom is -0.486 e. The maximum Gasteiger partial charge on any atom is 0.146 e. The molecule has 0 amide bonds. The van der Waals surface area contributed by atoms with E-state index in [4.69, 9.17) is 9.15 Å². The highest BCUT2D eigenvalue weighted by molar-refractivity contribution is 5.29. The van der Waals surface area contributed by atoms with Crippen LogP contribution in [0.15, 0.2) is 41.0 Å². The zero-order valence-electron chi connectivity index (χ0n) is 12.8. The zero-order valence-corrected chi connectivity index (χ0v) is 12.8. The van der Waals surface area contributed by atoms with Crippen molar-refractivity contribution in [3.63, 3.8) is 0 Å². The Labute approximate surface area is 126 Å². The highest BCUT2D eigenvalue weighted by atomic mass is 16.5. The maximum atomic E-state index is 5.83. The molecular formula is C18H23NO2. The SMILES string of the molecule is CC(C)c1ccc(OCc2occc2CNC2CC2)cc1.